The average Bonchev–Trinajstić information content (AvgIpc) is 2.99. The highest BCUT2D eigenvalue weighted by Crippen LogP contribution is 2.26. The summed E-state index contributed by atoms with van der Waals surface area (Å²) in [6, 6.07) is 0.0971. The third kappa shape index (κ3) is 2.59. The van der Waals surface area contributed by atoms with Gasteiger partial charge < -0.3 is 9.88 Å². The highest BCUT2D eigenvalue weighted by Gasteiger charge is 2.22. The molecule has 6 heteroatoms. The molecule has 2 aromatic rings. The Morgan fingerprint density at radius 1 is 1.44 bits per heavy atom. The summed E-state index contributed by atoms with van der Waals surface area (Å²) in [7, 11) is 2.02. The second-order valence-electron chi connectivity index (χ2n) is 4.22. The number of hydrogen-bond acceptors (Lipinski definition) is 5. The molecule has 0 bridgehead atoms. The fraction of sp³-hybridized carbons (Fsp3) is 0.583. The van der Waals surface area contributed by atoms with Crippen LogP contribution >= 0.6 is 11.5 Å². The van der Waals surface area contributed by atoms with Crippen molar-refractivity contribution in [2.45, 2.75) is 32.7 Å². The van der Waals surface area contributed by atoms with Crippen LogP contribution in [-0.2, 0) is 13.5 Å². The maximum absolute atomic E-state index is 4.45. The Labute approximate surface area is 111 Å². The SMILES string of the molecule is CCCNC(c1snnc1CC)c1nccn1C. The fourth-order valence-corrected chi connectivity index (χ4v) is 2.74. The van der Waals surface area contributed by atoms with Gasteiger partial charge >= 0.3 is 0 Å². The Morgan fingerprint density at radius 3 is 2.89 bits per heavy atom. The van der Waals surface area contributed by atoms with Gasteiger partial charge in [0.25, 0.3) is 0 Å². The van der Waals surface area contributed by atoms with E-state index in [1.807, 2.05) is 24.0 Å². The lowest BCUT2D eigenvalue weighted by atomic mass is 10.1. The van der Waals surface area contributed by atoms with Crippen LogP contribution in [0.25, 0.3) is 0 Å². The van der Waals surface area contributed by atoms with E-state index >= 15 is 0 Å². The third-order valence-electron chi connectivity index (χ3n) is 2.90. The first-order valence-electron chi connectivity index (χ1n) is 6.29. The van der Waals surface area contributed by atoms with Gasteiger partial charge in [-0.25, -0.2) is 4.98 Å². The molecule has 2 aromatic heterocycles. The van der Waals surface area contributed by atoms with E-state index in [2.05, 4.69) is 33.7 Å². The predicted molar refractivity (Wildman–Crippen MR) is 72.6 cm³/mol. The van der Waals surface area contributed by atoms with Gasteiger partial charge in [-0.3, -0.25) is 0 Å². The standard InChI is InChI=1S/C12H19N5S/c1-4-6-13-10(12-14-7-8-17(12)3)11-9(5-2)15-16-18-11/h7-8,10,13H,4-6H2,1-3H3. The Kier molecular flexibility index (Phi) is 4.43. The summed E-state index contributed by atoms with van der Waals surface area (Å²) in [4.78, 5) is 5.63. The van der Waals surface area contributed by atoms with E-state index in [9.17, 15) is 0 Å². The maximum atomic E-state index is 4.45. The molecule has 2 rings (SSSR count). The van der Waals surface area contributed by atoms with Crippen molar-refractivity contribution in [3.8, 4) is 0 Å². The highest BCUT2D eigenvalue weighted by atomic mass is 32.1. The number of rotatable bonds is 6. The lowest BCUT2D eigenvalue weighted by molar-refractivity contribution is 0.558. The summed E-state index contributed by atoms with van der Waals surface area (Å²) in [5.41, 5.74) is 1.07. The van der Waals surface area contributed by atoms with E-state index in [4.69, 9.17) is 0 Å². The molecule has 0 fully saturated rings. The zero-order valence-corrected chi connectivity index (χ0v) is 11.9. The number of aryl methyl sites for hydroxylation is 2. The van der Waals surface area contributed by atoms with Crippen LogP contribution in [0.15, 0.2) is 12.4 Å². The molecule has 18 heavy (non-hydrogen) atoms. The largest absolute Gasteiger partial charge is 0.336 e. The molecular weight excluding hydrogens is 246 g/mol. The minimum absolute atomic E-state index is 0.0971. The zero-order chi connectivity index (χ0) is 13.0. The van der Waals surface area contributed by atoms with Gasteiger partial charge in [0.1, 0.15) is 11.9 Å². The van der Waals surface area contributed by atoms with Gasteiger partial charge in [0, 0.05) is 19.4 Å². The summed E-state index contributed by atoms with van der Waals surface area (Å²) < 4.78 is 6.12. The molecule has 0 aliphatic carbocycles. The van der Waals surface area contributed by atoms with Crippen LogP contribution in [0, 0.1) is 0 Å². The van der Waals surface area contributed by atoms with Crippen molar-refractivity contribution < 1.29 is 0 Å². The minimum Gasteiger partial charge on any atom is -0.336 e. The van der Waals surface area contributed by atoms with Crippen molar-refractivity contribution >= 4 is 11.5 Å². The maximum Gasteiger partial charge on any atom is 0.131 e. The van der Waals surface area contributed by atoms with Crippen LogP contribution in [0.2, 0.25) is 0 Å². The van der Waals surface area contributed by atoms with Crippen molar-refractivity contribution in [1.82, 2.24) is 24.5 Å². The summed E-state index contributed by atoms with van der Waals surface area (Å²) in [5.74, 6) is 1.02. The van der Waals surface area contributed by atoms with E-state index < -0.39 is 0 Å². The van der Waals surface area contributed by atoms with Crippen LogP contribution in [0.1, 0.15) is 42.7 Å². The summed E-state index contributed by atoms with van der Waals surface area (Å²) in [5, 5.41) is 7.73. The van der Waals surface area contributed by atoms with Crippen molar-refractivity contribution in [2.75, 3.05) is 6.54 Å². The highest BCUT2D eigenvalue weighted by molar-refractivity contribution is 7.05. The molecule has 0 amide bonds. The molecule has 0 spiro atoms. The molecule has 0 radical (unpaired) electrons. The normalized spacial score (nSPS) is 12.8. The summed E-state index contributed by atoms with van der Waals surface area (Å²) in [6.07, 6.45) is 5.79. The molecule has 0 aliphatic heterocycles. The molecule has 2 heterocycles. The zero-order valence-electron chi connectivity index (χ0n) is 11.1. The minimum atomic E-state index is 0.0971. The van der Waals surface area contributed by atoms with E-state index in [1.54, 1.807) is 0 Å². The first-order valence-corrected chi connectivity index (χ1v) is 7.07. The summed E-state index contributed by atoms with van der Waals surface area (Å²) in [6.45, 7) is 5.22. The van der Waals surface area contributed by atoms with Gasteiger partial charge in [-0.15, -0.1) is 5.10 Å². The van der Waals surface area contributed by atoms with Gasteiger partial charge in [0.05, 0.1) is 10.6 Å². The van der Waals surface area contributed by atoms with E-state index in [0.29, 0.717) is 0 Å². The van der Waals surface area contributed by atoms with Crippen molar-refractivity contribution in [2.24, 2.45) is 7.05 Å². The Balaban J connectivity index is 2.34. The number of imidazole rings is 1. The number of hydrogen-bond donors (Lipinski definition) is 1. The van der Waals surface area contributed by atoms with Gasteiger partial charge in [-0.1, -0.05) is 18.3 Å². The Morgan fingerprint density at radius 2 is 2.28 bits per heavy atom. The first-order chi connectivity index (χ1) is 8.77. The fourth-order valence-electron chi connectivity index (χ4n) is 1.93. The van der Waals surface area contributed by atoms with Crippen LogP contribution < -0.4 is 5.32 Å². The Hall–Kier alpha value is -1.27. The van der Waals surface area contributed by atoms with Crippen molar-refractivity contribution in [1.29, 1.82) is 0 Å². The molecule has 1 atom stereocenters. The summed E-state index contributed by atoms with van der Waals surface area (Å²) >= 11 is 1.46. The molecule has 0 aromatic carbocycles. The van der Waals surface area contributed by atoms with Crippen molar-refractivity contribution in [3.05, 3.63) is 28.8 Å². The molecule has 0 saturated carbocycles. The van der Waals surface area contributed by atoms with Crippen molar-refractivity contribution in [3.63, 3.8) is 0 Å². The molecule has 98 valence electrons. The molecule has 0 aliphatic rings. The van der Waals surface area contributed by atoms with Crippen LogP contribution in [0.4, 0.5) is 0 Å². The molecular formula is C12H19N5S. The van der Waals surface area contributed by atoms with E-state index in [0.717, 1.165) is 30.9 Å². The number of nitrogens with zero attached hydrogens (tertiary/aromatic N) is 4. The lowest BCUT2D eigenvalue weighted by Gasteiger charge is -2.17. The third-order valence-corrected chi connectivity index (χ3v) is 3.73. The topological polar surface area (TPSA) is 55.6 Å². The van der Waals surface area contributed by atoms with Gasteiger partial charge in [0.15, 0.2) is 0 Å². The number of aromatic nitrogens is 4. The van der Waals surface area contributed by atoms with E-state index in [1.165, 1.54) is 16.4 Å². The molecule has 1 unspecified atom stereocenters. The van der Waals surface area contributed by atoms with Gasteiger partial charge in [-0.2, -0.15) is 0 Å². The second-order valence-corrected chi connectivity index (χ2v) is 5.01. The Bertz CT molecular complexity index is 490. The monoisotopic (exact) mass is 265 g/mol. The number of nitrogens with one attached hydrogen (secondary N) is 1. The van der Waals surface area contributed by atoms with Gasteiger partial charge in [-0.05, 0) is 30.9 Å². The molecule has 5 nitrogen and oxygen atoms in total. The van der Waals surface area contributed by atoms with Crippen LogP contribution in [0.5, 0.6) is 0 Å². The van der Waals surface area contributed by atoms with Crippen LogP contribution in [-0.4, -0.2) is 25.7 Å². The quantitative estimate of drug-likeness (QED) is 0.867. The predicted octanol–water partition coefficient (Wildman–Crippen LogP) is 1.92. The second kappa shape index (κ2) is 6.06. The van der Waals surface area contributed by atoms with Gasteiger partial charge in [0.2, 0.25) is 0 Å². The molecule has 1 N–H and O–H groups in total. The van der Waals surface area contributed by atoms with Crippen LogP contribution in [0.3, 0.4) is 0 Å². The average molecular weight is 265 g/mol. The lowest BCUT2D eigenvalue weighted by Crippen LogP contribution is -2.25. The van der Waals surface area contributed by atoms with E-state index in [-0.39, 0.29) is 6.04 Å². The molecule has 0 saturated heterocycles. The smallest absolute Gasteiger partial charge is 0.131 e. The first kappa shape index (κ1) is 13.2.